The Hall–Kier alpha value is -1.54. The second kappa shape index (κ2) is 5.37. The molecule has 0 radical (unpaired) electrons. The van der Waals surface area contributed by atoms with Gasteiger partial charge in [0.05, 0.1) is 0 Å². The largest absolute Gasteiger partial charge is 0.322 e. The molecule has 3 heteroatoms. The van der Waals surface area contributed by atoms with Gasteiger partial charge in [0.15, 0.2) is 0 Å². The number of carbonyl (C=O) groups excluding carboxylic acids is 1. The lowest BCUT2D eigenvalue weighted by molar-refractivity contribution is -0.111. The number of benzene rings is 1. The predicted octanol–water partition coefficient (Wildman–Crippen LogP) is 3.19. The molecule has 1 N–H and O–H groups in total. The zero-order valence-electron chi connectivity index (χ0n) is 8.29. The number of carbonyl (C=O) groups is 1. The van der Waals surface area contributed by atoms with E-state index in [4.69, 9.17) is 11.6 Å². The van der Waals surface area contributed by atoms with Gasteiger partial charge >= 0.3 is 0 Å². The Bertz CT molecular complexity index is 399. The minimum atomic E-state index is -0.234. The average molecular weight is 222 g/mol. The maximum absolute atomic E-state index is 11.1. The number of halogens is 1. The lowest BCUT2D eigenvalue weighted by atomic mass is 10.1. The number of hydrogen-bond donors (Lipinski definition) is 1. The quantitative estimate of drug-likeness (QED) is 0.614. The van der Waals surface area contributed by atoms with Gasteiger partial charge in [0.1, 0.15) is 0 Å². The van der Waals surface area contributed by atoms with Crippen LogP contribution in [0.4, 0.5) is 5.69 Å². The first-order chi connectivity index (χ1) is 7.17. The third-order valence-electron chi connectivity index (χ3n) is 1.87. The standard InChI is InChI=1S/C12H12ClNO/c1-3-5-9-8-10(13)6-7-11(9)14-12(15)4-2/h3-4,6-8H,1-2,5H2,(H,14,15). The van der Waals surface area contributed by atoms with E-state index < -0.39 is 0 Å². The Kier molecular flexibility index (Phi) is 4.13. The first kappa shape index (κ1) is 11.5. The van der Waals surface area contributed by atoms with E-state index in [1.54, 1.807) is 18.2 Å². The molecule has 1 amide bonds. The molecule has 0 saturated heterocycles. The molecule has 1 aromatic carbocycles. The van der Waals surface area contributed by atoms with Crippen LogP contribution in [0.1, 0.15) is 5.56 Å². The summed E-state index contributed by atoms with van der Waals surface area (Å²) in [7, 11) is 0. The summed E-state index contributed by atoms with van der Waals surface area (Å²) in [6.07, 6.45) is 3.65. The van der Waals surface area contributed by atoms with Gasteiger partial charge < -0.3 is 5.32 Å². The summed E-state index contributed by atoms with van der Waals surface area (Å²) in [5.41, 5.74) is 1.68. The SMILES string of the molecule is C=CCc1cc(Cl)ccc1NC(=O)C=C. The van der Waals surface area contributed by atoms with Gasteiger partial charge in [0.2, 0.25) is 5.91 Å². The summed E-state index contributed by atoms with van der Waals surface area (Å²) in [6.45, 7) is 7.04. The van der Waals surface area contributed by atoms with E-state index in [-0.39, 0.29) is 5.91 Å². The van der Waals surface area contributed by atoms with Gasteiger partial charge in [-0.3, -0.25) is 4.79 Å². The van der Waals surface area contributed by atoms with Crippen molar-refractivity contribution >= 4 is 23.2 Å². The summed E-state index contributed by atoms with van der Waals surface area (Å²) in [6, 6.07) is 5.30. The summed E-state index contributed by atoms with van der Waals surface area (Å²) >= 11 is 5.86. The van der Waals surface area contributed by atoms with E-state index in [2.05, 4.69) is 18.5 Å². The minimum Gasteiger partial charge on any atom is -0.322 e. The number of nitrogens with one attached hydrogen (secondary N) is 1. The molecule has 2 nitrogen and oxygen atoms in total. The van der Waals surface area contributed by atoms with Crippen molar-refractivity contribution in [1.29, 1.82) is 0 Å². The third kappa shape index (κ3) is 3.26. The van der Waals surface area contributed by atoms with Crippen LogP contribution in [0.2, 0.25) is 5.02 Å². The van der Waals surface area contributed by atoms with Crippen LogP contribution >= 0.6 is 11.6 Å². The van der Waals surface area contributed by atoms with E-state index in [9.17, 15) is 4.79 Å². The predicted molar refractivity (Wildman–Crippen MR) is 64.2 cm³/mol. The molecule has 0 heterocycles. The van der Waals surface area contributed by atoms with Crippen molar-refractivity contribution in [2.75, 3.05) is 5.32 Å². The molecule has 0 aromatic heterocycles. The molecule has 1 rings (SSSR count). The smallest absolute Gasteiger partial charge is 0.247 e. The molecule has 0 aliphatic heterocycles. The van der Waals surface area contributed by atoms with Gasteiger partial charge in [0, 0.05) is 10.7 Å². The maximum Gasteiger partial charge on any atom is 0.247 e. The van der Waals surface area contributed by atoms with Crippen LogP contribution in [0, 0.1) is 0 Å². The lowest BCUT2D eigenvalue weighted by Gasteiger charge is -2.08. The maximum atomic E-state index is 11.1. The van der Waals surface area contributed by atoms with Crippen molar-refractivity contribution < 1.29 is 4.79 Å². The molecule has 0 spiro atoms. The Labute approximate surface area is 94.3 Å². The summed E-state index contributed by atoms with van der Waals surface area (Å²) in [5.74, 6) is -0.234. The van der Waals surface area contributed by atoms with Crippen LogP contribution in [0.3, 0.4) is 0 Å². The van der Waals surface area contributed by atoms with Crippen molar-refractivity contribution in [1.82, 2.24) is 0 Å². The van der Waals surface area contributed by atoms with Crippen LogP contribution in [-0.4, -0.2) is 5.91 Å². The fraction of sp³-hybridized carbons (Fsp3) is 0.0833. The number of amides is 1. The topological polar surface area (TPSA) is 29.1 Å². The van der Waals surface area contributed by atoms with Crippen molar-refractivity contribution in [2.24, 2.45) is 0 Å². The third-order valence-corrected chi connectivity index (χ3v) is 2.11. The first-order valence-electron chi connectivity index (χ1n) is 4.50. The highest BCUT2D eigenvalue weighted by Gasteiger charge is 2.03. The van der Waals surface area contributed by atoms with Crippen LogP contribution in [0.5, 0.6) is 0 Å². The number of anilines is 1. The van der Waals surface area contributed by atoms with Gasteiger partial charge in [-0.1, -0.05) is 24.3 Å². The number of rotatable bonds is 4. The average Bonchev–Trinajstić information content (AvgIpc) is 2.22. The first-order valence-corrected chi connectivity index (χ1v) is 4.88. The zero-order valence-corrected chi connectivity index (χ0v) is 9.05. The highest BCUT2D eigenvalue weighted by Crippen LogP contribution is 2.21. The molecular weight excluding hydrogens is 210 g/mol. The van der Waals surface area contributed by atoms with Crippen LogP contribution in [0.25, 0.3) is 0 Å². The van der Waals surface area contributed by atoms with E-state index in [0.717, 1.165) is 11.3 Å². The Morgan fingerprint density at radius 3 is 2.80 bits per heavy atom. The molecule has 0 aliphatic carbocycles. The van der Waals surface area contributed by atoms with Gasteiger partial charge in [-0.05, 0) is 36.3 Å². The van der Waals surface area contributed by atoms with E-state index in [1.165, 1.54) is 6.08 Å². The highest BCUT2D eigenvalue weighted by atomic mass is 35.5. The van der Waals surface area contributed by atoms with Gasteiger partial charge in [-0.2, -0.15) is 0 Å². The van der Waals surface area contributed by atoms with Crippen molar-refractivity contribution in [3.8, 4) is 0 Å². The number of hydrogen-bond acceptors (Lipinski definition) is 1. The molecule has 15 heavy (non-hydrogen) atoms. The summed E-state index contributed by atoms with van der Waals surface area (Å²) in [5, 5.41) is 3.35. The second-order valence-electron chi connectivity index (χ2n) is 2.99. The zero-order chi connectivity index (χ0) is 11.3. The van der Waals surface area contributed by atoms with E-state index >= 15 is 0 Å². The van der Waals surface area contributed by atoms with Gasteiger partial charge in [0.25, 0.3) is 0 Å². The summed E-state index contributed by atoms with van der Waals surface area (Å²) < 4.78 is 0. The lowest BCUT2D eigenvalue weighted by Crippen LogP contribution is -2.09. The van der Waals surface area contributed by atoms with E-state index in [0.29, 0.717) is 11.4 Å². The molecular formula is C12H12ClNO. The molecule has 78 valence electrons. The Balaban J connectivity index is 2.99. The normalized spacial score (nSPS) is 9.40. The van der Waals surface area contributed by atoms with Crippen LogP contribution in [0.15, 0.2) is 43.5 Å². The van der Waals surface area contributed by atoms with Crippen molar-refractivity contribution in [3.63, 3.8) is 0 Å². The molecule has 0 atom stereocenters. The molecule has 1 aromatic rings. The Morgan fingerprint density at radius 2 is 2.20 bits per heavy atom. The van der Waals surface area contributed by atoms with Crippen LogP contribution < -0.4 is 5.32 Å². The fourth-order valence-electron chi connectivity index (χ4n) is 1.19. The number of allylic oxidation sites excluding steroid dienone is 1. The second-order valence-corrected chi connectivity index (χ2v) is 3.42. The van der Waals surface area contributed by atoms with Gasteiger partial charge in [-0.15, -0.1) is 6.58 Å². The van der Waals surface area contributed by atoms with E-state index in [1.807, 2.05) is 6.07 Å². The molecule has 0 aliphatic rings. The fourth-order valence-corrected chi connectivity index (χ4v) is 1.39. The highest BCUT2D eigenvalue weighted by molar-refractivity contribution is 6.30. The minimum absolute atomic E-state index is 0.234. The molecule has 0 fully saturated rings. The van der Waals surface area contributed by atoms with Crippen molar-refractivity contribution in [3.05, 3.63) is 54.1 Å². The monoisotopic (exact) mass is 221 g/mol. The summed E-state index contributed by atoms with van der Waals surface area (Å²) in [4.78, 5) is 11.1. The van der Waals surface area contributed by atoms with Crippen molar-refractivity contribution in [2.45, 2.75) is 6.42 Å². The molecule has 0 bridgehead atoms. The van der Waals surface area contributed by atoms with Gasteiger partial charge in [-0.25, -0.2) is 0 Å². The Morgan fingerprint density at radius 1 is 1.47 bits per heavy atom. The molecule has 0 saturated carbocycles. The molecule has 0 unspecified atom stereocenters. The van der Waals surface area contributed by atoms with Crippen LogP contribution in [-0.2, 0) is 11.2 Å².